The largest absolute Gasteiger partial charge is 0.491 e. The minimum atomic E-state index is 0.518. The summed E-state index contributed by atoms with van der Waals surface area (Å²) in [6.07, 6.45) is 1.80. The van der Waals surface area contributed by atoms with Crippen molar-refractivity contribution in [3.05, 3.63) is 72.2 Å². The Bertz CT molecular complexity index is 1190. The summed E-state index contributed by atoms with van der Waals surface area (Å²) in [7, 11) is 0. The first kappa shape index (κ1) is 17.4. The Kier molecular flexibility index (Phi) is 4.24. The Hall–Kier alpha value is -3.67. The monoisotopic (exact) mass is 383 g/mol. The van der Waals surface area contributed by atoms with Gasteiger partial charge in [0.15, 0.2) is 0 Å². The lowest BCUT2D eigenvalue weighted by atomic mass is 10.0. The molecule has 0 unspecified atom stereocenters. The molecule has 0 radical (unpaired) electrons. The molecule has 0 saturated carbocycles. The highest BCUT2D eigenvalue weighted by molar-refractivity contribution is 5.89. The molecule has 144 valence electrons. The molecule has 0 spiro atoms. The van der Waals surface area contributed by atoms with Crippen molar-refractivity contribution in [2.24, 2.45) is 0 Å². The first-order valence-corrected chi connectivity index (χ1v) is 9.63. The molecule has 3 heterocycles. The van der Waals surface area contributed by atoms with Gasteiger partial charge in [-0.25, -0.2) is 15.0 Å². The summed E-state index contributed by atoms with van der Waals surface area (Å²) in [6, 6.07) is 18.2. The van der Waals surface area contributed by atoms with Crippen molar-refractivity contribution in [3.8, 4) is 16.9 Å². The van der Waals surface area contributed by atoms with Crippen molar-refractivity contribution < 1.29 is 4.74 Å². The van der Waals surface area contributed by atoms with Crippen molar-refractivity contribution in [1.82, 2.24) is 15.0 Å². The molecule has 1 aliphatic heterocycles. The lowest BCUT2D eigenvalue weighted by molar-refractivity contribution is 0.331. The minimum absolute atomic E-state index is 0.518. The fourth-order valence-electron chi connectivity index (χ4n) is 3.74. The zero-order valence-corrected chi connectivity index (χ0v) is 16.2. The zero-order chi connectivity index (χ0) is 19.8. The molecule has 0 aliphatic carbocycles. The lowest BCUT2D eigenvalue weighted by Crippen LogP contribution is -2.26. The van der Waals surface area contributed by atoms with Gasteiger partial charge >= 0.3 is 0 Å². The third-order valence-electron chi connectivity index (χ3n) is 5.15. The molecule has 2 N–H and O–H groups in total. The van der Waals surface area contributed by atoms with Gasteiger partial charge in [0.25, 0.3) is 0 Å². The van der Waals surface area contributed by atoms with E-state index in [1.165, 1.54) is 0 Å². The smallest absolute Gasteiger partial charge is 0.140 e. The van der Waals surface area contributed by atoms with E-state index < -0.39 is 0 Å². The molecule has 0 saturated heterocycles. The van der Waals surface area contributed by atoms with Gasteiger partial charge in [-0.05, 0) is 48.9 Å². The van der Waals surface area contributed by atoms with Crippen LogP contribution in [0, 0.1) is 6.92 Å². The van der Waals surface area contributed by atoms with E-state index >= 15 is 0 Å². The summed E-state index contributed by atoms with van der Waals surface area (Å²) >= 11 is 0. The average molecular weight is 383 g/mol. The van der Waals surface area contributed by atoms with E-state index in [1.54, 1.807) is 6.20 Å². The number of pyridine rings is 1. The highest BCUT2D eigenvalue weighted by atomic mass is 16.5. The van der Waals surface area contributed by atoms with Crippen molar-refractivity contribution in [2.75, 3.05) is 23.8 Å². The van der Waals surface area contributed by atoms with Crippen molar-refractivity contribution >= 4 is 22.5 Å². The molecule has 1 aliphatic rings. The number of nitrogens with zero attached hydrogens (tertiary/aromatic N) is 4. The second-order valence-electron chi connectivity index (χ2n) is 7.18. The quantitative estimate of drug-likeness (QED) is 0.564. The first-order chi connectivity index (χ1) is 14.2. The van der Waals surface area contributed by atoms with Crippen LogP contribution in [0.5, 0.6) is 5.75 Å². The summed E-state index contributed by atoms with van der Waals surface area (Å²) in [5, 5.41) is 1.06. The fraction of sp³-hybridized carbons (Fsp3) is 0.174. The van der Waals surface area contributed by atoms with Crippen LogP contribution < -0.4 is 15.4 Å². The second kappa shape index (κ2) is 7.05. The normalized spacial score (nSPS) is 13.6. The molecular formula is C23H21N5O. The van der Waals surface area contributed by atoms with Gasteiger partial charge in [0, 0.05) is 29.3 Å². The van der Waals surface area contributed by atoms with Gasteiger partial charge in [-0.15, -0.1) is 0 Å². The summed E-state index contributed by atoms with van der Waals surface area (Å²) < 4.78 is 6.03. The third kappa shape index (κ3) is 3.33. The van der Waals surface area contributed by atoms with Gasteiger partial charge in [0.1, 0.15) is 29.8 Å². The van der Waals surface area contributed by atoms with Crippen LogP contribution in [0.2, 0.25) is 0 Å². The summed E-state index contributed by atoms with van der Waals surface area (Å²) in [4.78, 5) is 15.8. The van der Waals surface area contributed by atoms with Crippen LogP contribution in [0.15, 0.2) is 60.8 Å². The first-order valence-electron chi connectivity index (χ1n) is 9.63. The van der Waals surface area contributed by atoms with Gasteiger partial charge in [0.05, 0.1) is 12.1 Å². The average Bonchev–Trinajstić information content (AvgIpc) is 2.95. The van der Waals surface area contributed by atoms with E-state index in [2.05, 4.69) is 33.1 Å². The number of ether oxygens (including phenoxy) is 1. The molecule has 0 amide bonds. The van der Waals surface area contributed by atoms with Gasteiger partial charge in [-0.3, -0.25) is 0 Å². The number of benzene rings is 2. The minimum Gasteiger partial charge on any atom is -0.491 e. The van der Waals surface area contributed by atoms with Crippen molar-refractivity contribution in [2.45, 2.75) is 13.5 Å². The van der Waals surface area contributed by atoms with E-state index in [0.717, 1.165) is 51.5 Å². The van der Waals surface area contributed by atoms with Crippen molar-refractivity contribution in [1.29, 1.82) is 0 Å². The van der Waals surface area contributed by atoms with Crippen LogP contribution in [0.25, 0.3) is 22.0 Å². The van der Waals surface area contributed by atoms with Gasteiger partial charge in [-0.2, -0.15) is 0 Å². The van der Waals surface area contributed by atoms with Gasteiger partial charge in [-0.1, -0.05) is 18.2 Å². The number of aryl methyl sites for hydroxylation is 1. The number of anilines is 2. The van der Waals surface area contributed by atoms with E-state index in [-0.39, 0.29) is 0 Å². The van der Waals surface area contributed by atoms with E-state index in [9.17, 15) is 0 Å². The number of hydrogen-bond acceptors (Lipinski definition) is 6. The van der Waals surface area contributed by atoms with Crippen molar-refractivity contribution in [3.63, 3.8) is 0 Å². The maximum Gasteiger partial charge on any atom is 0.140 e. The standard InChI is InChI=1S/C23H21N5O/c1-15-26-20-5-3-2-4-19(20)23(27-15)28-10-11-29-21-8-6-16(12-18(21)14-28)17-7-9-22(24)25-13-17/h2-9,12-13H,10-11,14H2,1H3,(H2,24,25). The number of nitrogens with two attached hydrogens (primary N) is 1. The molecule has 0 atom stereocenters. The summed E-state index contributed by atoms with van der Waals surface area (Å²) in [5.41, 5.74) is 9.93. The highest BCUT2D eigenvalue weighted by Crippen LogP contribution is 2.32. The number of nitrogen functional groups attached to an aromatic ring is 1. The van der Waals surface area contributed by atoms with Crippen LogP contribution in [-0.2, 0) is 6.54 Å². The molecule has 0 fully saturated rings. The van der Waals surface area contributed by atoms with E-state index in [0.29, 0.717) is 19.0 Å². The molecule has 6 nitrogen and oxygen atoms in total. The molecule has 0 bridgehead atoms. The van der Waals surface area contributed by atoms with Crippen LogP contribution in [0.1, 0.15) is 11.4 Å². The van der Waals surface area contributed by atoms with E-state index in [4.69, 9.17) is 15.5 Å². The second-order valence-corrected chi connectivity index (χ2v) is 7.18. The third-order valence-corrected chi connectivity index (χ3v) is 5.15. The Morgan fingerprint density at radius 2 is 1.86 bits per heavy atom. The van der Waals surface area contributed by atoms with Gasteiger partial charge in [0.2, 0.25) is 0 Å². The Balaban J connectivity index is 1.55. The summed E-state index contributed by atoms with van der Waals surface area (Å²) in [5.74, 6) is 3.15. The maximum absolute atomic E-state index is 6.03. The molecule has 4 aromatic rings. The maximum atomic E-state index is 6.03. The predicted molar refractivity (Wildman–Crippen MR) is 115 cm³/mol. The Labute approximate surface area is 169 Å². The van der Waals surface area contributed by atoms with Crippen LogP contribution >= 0.6 is 0 Å². The number of aromatic nitrogens is 3. The molecule has 6 heteroatoms. The SMILES string of the molecule is Cc1nc(N2CCOc3ccc(-c4ccc(N)nc4)cc3C2)c2ccccc2n1. The zero-order valence-electron chi connectivity index (χ0n) is 16.2. The lowest BCUT2D eigenvalue weighted by Gasteiger charge is -2.23. The molecule has 5 rings (SSSR count). The molecular weight excluding hydrogens is 362 g/mol. The number of hydrogen-bond donors (Lipinski definition) is 1. The fourth-order valence-corrected chi connectivity index (χ4v) is 3.74. The topological polar surface area (TPSA) is 77.2 Å². The van der Waals surface area contributed by atoms with Crippen LogP contribution in [0.3, 0.4) is 0 Å². The predicted octanol–water partition coefficient (Wildman–Crippen LogP) is 3.98. The highest BCUT2D eigenvalue weighted by Gasteiger charge is 2.20. The Morgan fingerprint density at radius 3 is 2.72 bits per heavy atom. The van der Waals surface area contributed by atoms with Crippen LogP contribution in [-0.4, -0.2) is 28.1 Å². The van der Waals surface area contributed by atoms with Crippen LogP contribution in [0.4, 0.5) is 11.6 Å². The number of para-hydroxylation sites is 1. The number of fused-ring (bicyclic) bond motifs is 2. The van der Waals surface area contributed by atoms with E-state index in [1.807, 2.05) is 43.3 Å². The van der Waals surface area contributed by atoms with Gasteiger partial charge < -0.3 is 15.4 Å². The molecule has 29 heavy (non-hydrogen) atoms. The summed E-state index contributed by atoms with van der Waals surface area (Å²) in [6.45, 7) is 4.01. The molecule has 2 aromatic carbocycles. The molecule has 2 aromatic heterocycles. The number of rotatable bonds is 2. The Morgan fingerprint density at radius 1 is 1.00 bits per heavy atom.